The van der Waals surface area contributed by atoms with E-state index in [1.807, 2.05) is 0 Å². The fourth-order valence-corrected chi connectivity index (χ4v) is 1.96. The molecule has 0 unspecified atom stereocenters. The molecule has 0 saturated carbocycles. The van der Waals surface area contributed by atoms with Crippen molar-refractivity contribution < 1.29 is 19.4 Å². The second-order valence-corrected chi connectivity index (χ2v) is 4.35. The number of rotatable bonds is 2. The number of aromatic hydroxyl groups is 1. The Kier molecular flexibility index (Phi) is 2.96. The molecular weight excluding hydrogens is 220 g/mol. The van der Waals surface area contributed by atoms with Crippen molar-refractivity contribution >= 4 is 5.97 Å². The van der Waals surface area contributed by atoms with E-state index in [-0.39, 0.29) is 11.7 Å². The van der Waals surface area contributed by atoms with Crippen molar-refractivity contribution in [3.8, 4) is 11.5 Å². The standard InChI is InChI=1S/C13H16O4/c1-3-16-12(15)13(2)7-6-9-8-10(14)4-5-11(9)17-13/h4-5,8,14H,3,6-7H2,1-2H3/t13-/m1/s1. The number of hydrogen-bond donors (Lipinski definition) is 1. The van der Waals surface area contributed by atoms with Gasteiger partial charge in [0.2, 0.25) is 5.60 Å². The van der Waals surface area contributed by atoms with Crippen LogP contribution in [0.25, 0.3) is 0 Å². The van der Waals surface area contributed by atoms with E-state index >= 15 is 0 Å². The molecule has 1 aliphatic heterocycles. The van der Waals surface area contributed by atoms with Crippen molar-refractivity contribution in [3.05, 3.63) is 23.8 Å². The average molecular weight is 236 g/mol. The Bertz CT molecular complexity index is 441. The third-order valence-electron chi connectivity index (χ3n) is 2.96. The number of benzene rings is 1. The van der Waals surface area contributed by atoms with Gasteiger partial charge in [-0.25, -0.2) is 4.79 Å². The van der Waals surface area contributed by atoms with E-state index in [4.69, 9.17) is 9.47 Å². The molecule has 0 bridgehead atoms. The van der Waals surface area contributed by atoms with Crippen molar-refractivity contribution in [2.75, 3.05) is 6.61 Å². The highest BCUT2D eigenvalue weighted by Gasteiger charge is 2.40. The van der Waals surface area contributed by atoms with Crippen molar-refractivity contribution in [2.24, 2.45) is 0 Å². The number of ether oxygens (including phenoxy) is 2. The van der Waals surface area contributed by atoms with Gasteiger partial charge >= 0.3 is 5.97 Å². The smallest absolute Gasteiger partial charge is 0.350 e. The molecule has 17 heavy (non-hydrogen) atoms. The van der Waals surface area contributed by atoms with Gasteiger partial charge < -0.3 is 14.6 Å². The van der Waals surface area contributed by atoms with E-state index in [1.54, 1.807) is 32.0 Å². The lowest BCUT2D eigenvalue weighted by molar-refractivity contribution is -0.161. The molecule has 0 fully saturated rings. The molecule has 1 aromatic carbocycles. The number of phenols is 1. The Morgan fingerprint density at radius 2 is 2.35 bits per heavy atom. The molecule has 4 heteroatoms. The first-order valence-corrected chi connectivity index (χ1v) is 5.73. The number of fused-ring (bicyclic) bond motifs is 1. The lowest BCUT2D eigenvalue weighted by atomic mass is 9.92. The number of hydrogen-bond acceptors (Lipinski definition) is 4. The highest BCUT2D eigenvalue weighted by atomic mass is 16.6. The summed E-state index contributed by atoms with van der Waals surface area (Å²) in [5, 5.41) is 9.36. The van der Waals surface area contributed by atoms with Crippen LogP contribution in [0.4, 0.5) is 0 Å². The predicted molar refractivity (Wildman–Crippen MR) is 62.1 cm³/mol. The van der Waals surface area contributed by atoms with Gasteiger partial charge in [-0.1, -0.05) is 0 Å². The summed E-state index contributed by atoms with van der Waals surface area (Å²) in [7, 11) is 0. The third-order valence-corrected chi connectivity index (χ3v) is 2.96. The van der Waals surface area contributed by atoms with Crippen LogP contribution >= 0.6 is 0 Å². The van der Waals surface area contributed by atoms with Crippen LogP contribution in [-0.4, -0.2) is 23.3 Å². The SMILES string of the molecule is CCOC(=O)[C@@]1(C)CCc2cc(O)ccc2O1. The Labute approximate surface area is 100 Å². The number of carbonyl (C=O) groups is 1. The number of aryl methyl sites for hydroxylation is 1. The maximum atomic E-state index is 11.8. The summed E-state index contributed by atoms with van der Waals surface area (Å²) in [6.45, 7) is 3.86. The molecule has 0 spiro atoms. The van der Waals surface area contributed by atoms with Gasteiger partial charge in [-0.2, -0.15) is 0 Å². The van der Waals surface area contributed by atoms with E-state index in [0.29, 0.717) is 25.2 Å². The lowest BCUT2D eigenvalue weighted by Gasteiger charge is -2.33. The van der Waals surface area contributed by atoms with Gasteiger partial charge in [-0.05, 0) is 44.0 Å². The minimum absolute atomic E-state index is 0.215. The molecule has 4 nitrogen and oxygen atoms in total. The first-order chi connectivity index (χ1) is 8.05. The lowest BCUT2D eigenvalue weighted by Crippen LogP contribution is -2.45. The summed E-state index contributed by atoms with van der Waals surface area (Å²) in [6, 6.07) is 4.90. The Hall–Kier alpha value is -1.71. The van der Waals surface area contributed by atoms with Gasteiger partial charge in [-0.15, -0.1) is 0 Å². The zero-order valence-electron chi connectivity index (χ0n) is 10.0. The van der Waals surface area contributed by atoms with Crippen LogP contribution < -0.4 is 4.74 Å². The van der Waals surface area contributed by atoms with Crippen LogP contribution in [0, 0.1) is 0 Å². The molecule has 0 amide bonds. The predicted octanol–water partition coefficient (Wildman–Crippen LogP) is 2.04. The highest BCUT2D eigenvalue weighted by Crippen LogP contribution is 2.35. The van der Waals surface area contributed by atoms with E-state index in [2.05, 4.69) is 0 Å². The summed E-state index contributed by atoms with van der Waals surface area (Å²) >= 11 is 0. The molecule has 1 N–H and O–H groups in total. The summed E-state index contributed by atoms with van der Waals surface area (Å²) in [6.07, 6.45) is 1.25. The van der Waals surface area contributed by atoms with Crippen LogP contribution in [0.2, 0.25) is 0 Å². The van der Waals surface area contributed by atoms with E-state index in [0.717, 1.165) is 5.56 Å². The van der Waals surface area contributed by atoms with Crippen molar-refractivity contribution in [3.63, 3.8) is 0 Å². The number of esters is 1. The summed E-state index contributed by atoms with van der Waals surface area (Å²) in [5.74, 6) is 0.524. The monoisotopic (exact) mass is 236 g/mol. The minimum Gasteiger partial charge on any atom is -0.508 e. The molecule has 0 radical (unpaired) electrons. The van der Waals surface area contributed by atoms with Crippen LogP contribution in [0.15, 0.2) is 18.2 Å². The Morgan fingerprint density at radius 1 is 1.59 bits per heavy atom. The second kappa shape index (κ2) is 4.28. The summed E-state index contributed by atoms with van der Waals surface area (Å²) in [4.78, 5) is 11.8. The van der Waals surface area contributed by atoms with Crippen LogP contribution in [0.3, 0.4) is 0 Å². The second-order valence-electron chi connectivity index (χ2n) is 4.35. The first-order valence-electron chi connectivity index (χ1n) is 5.73. The molecule has 2 rings (SSSR count). The quantitative estimate of drug-likeness (QED) is 0.798. The molecule has 0 aliphatic carbocycles. The highest BCUT2D eigenvalue weighted by molar-refractivity contribution is 5.80. The van der Waals surface area contributed by atoms with Gasteiger partial charge in [0, 0.05) is 6.42 Å². The molecule has 1 aliphatic rings. The van der Waals surface area contributed by atoms with Crippen molar-refractivity contribution in [1.29, 1.82) is 0 Å². The van der Waals surface area contributed by atoms with Gasteiger partial charge in [0.25, 0.3) is 0 Å². The van der Waals surface area contributed by atoms with E-state index < -0.39 is 5.60 Å². The molecular formula is C13H16O4. The Morgan fingerprint density at radius 3 is 3.06 bits per heavy atom. The van der Waals surface area contributed by atoms with Crippen LogP contribution in [0.5, 0.6) is 11.5 Å². The molecule has 1 heterocycles. The summed E-state index contributed by atoms with van der Waals surface area (Å²) < 4.78 is 10.7. The minimum atomic E-state index is -0.917. The zero-order valence-corrected chi connectivity index (χ0v) is 10.0. The van der Waals surface area contributed by atoms with Crippen molar-refractivity contribution in [2.45, 2.75) is 32.3 Å². The first kappa shape index (κ1) is 11.8. The van der Waals surface area contributed by atoms with Crippen molar-refractivity contribution in [1.82, 2.24) is 0 Å². The molecule has 1 atom stereocenters. The average Bonchev–Trinajstić information content (AvgIpc) is 2.30. The fourth-order valence-electron chi connectivity index (χ4n) is 1.96. The van der Waals surface area contributed by atoms with E-state index in [9.17, 15) is 9.90 Å². The van der Waals surface area contributed by atoms with Crippen LogP contribution in [0.1, 0.15) is 25.8 Å². The van der Waals surface area contributed by atoms with Gasteiger partial charge in [-0.3, -0.25) is 0 Å². The third kappa shape index (κ3) is 2.20. The maximum absolute atomic E-state index is 11.8. The number of carbonyl (C=O) groups excluding carboxylic acids is 1. The maximum Gasteiger partial charge on any atom is 0.350 e. The zero-order chi connectivity index (χ0) is 12.5. The largest absolute Gasteiger partial charge is 0.508 e. The fraction of sp³-hybridized carbons (Fsp3) is 0.462. The number of phenolic OH excluding ortho intramolecular Hbond substituents is 1. The normalized spacial score (nSPS) is 22.5. The topological polar surface area (TPSA) is 55.8 Å². The molecule has 92 valence electrons. The van der Waals surface area contributed by atoms with Gasteiger partial charge in [0.05, 0.1) is 6.61 Å². The van der Waals surface area contributed by atoms with Gasteiger partial charge in [0.15, 0.2) is 0 Å². The molecule has 1 aromatic rings. The summed E-state index contributed by atoms with van der Waals surface area (Å²) in [5.41, 5.74) is 0.00625. The molecule has 0 saturated heterocycles. The molecule has 0 aromatic heterocycles. The van der Waals surface area contributed by atoms with Crippen LogP contribution in [-0.2, 0) is 16.0 Å². The Balaban J connectivity index is 2.23. The van der Waals surface area contributed by atoms with Gasteiger partial charge in [0.1, 0.15) is 11.5 Å². The van der Waals surface area contributed by atoms with E-state index in [1.165, 1.54) is 0 Å².